The van der Waals surface area contributed by atoms with Crippen LogP contribution in [0, 0.1) is 5.92 Å². The van der Waals surface area contributed by atoms with Gasteiger partial charge in [0.2, 0.25) is 0 Å². The Labute approximate surface area is 97.7 Å². The number of benzene rings is 1. The van der Waals surface area contributed by atoms with E-state index in [4.69, 9.17) is 0 Å². The lowest BCUT2D eigenvalue weighted by Crippen LogP contribution is -2.04. The summed E-state index contributed by atoms with van der Waals surface area (Å²) in [6.07, 6.45) is 1.27. The maximum atomic E-state index is 3.18. The first-order valence-corrected chi connectivity index (χ1v) is 6.61. The zero-order chi connectivity index (χ0) is 11.1. The van der Waals surface area contributed by atoms with Gasteiger partial charge in [-0.1, -0.05) is 32.4 Å². The van der Waals surface area contributed by atoms with Crippen LogP contribution in [0.4, 0.5) is 0 Å². The smallest absolute Gasteiger partial charge is 0.0202 e. The van der Waals surface area contributed by atoms with Gasteiger partial charge in [-0.2, -0.15) is 0 Å². The molecule has 1 nitrogen and oxygen atoms in total. The SMILES string of the molecule is CCC(C)CSc1cccc(CNC)c1. The van der Waals surface area contributed by atoms with Crippen molar-refractivity contribution in [3.05, 3.63) is 29.8 Å². The van der Waals surface area contributed by atoms with Crippen molar-refractivity contribution in [3.8, 4) is 0 Å². The van der Waals surface area contributed by atoms with Crippen LogP contribution in [0.5, 0.6) is 0 Å². The molecule has 1 aromatic rings. The minimum Gasteiger partial charge on any atom is -0.316 e. The van der Waals surface area contributed by atoms with Crippen LogP contribution in [-0.2, 0) is 6.54 Å². The average molecular weight is 223 g/mol. The number of thioether (sulfide) groups is 1. The zero-order valence-electron chi connectivity index (χ0n) is 9.92. The molecular formula is C13H21NS. The number of hydrogen-bond acceptors (Lipinski definition) is 2. The van der Waals surface area contributed by atoms with E-state index >= 15 is 0 Å². The first-order valence-electron chi connectivity index (χ1n) is 5.62. The summed E-state index contributed by atoms with van der Waals surface area (Å²) < 4.78 is 0. The third-order valence-electron chi connectivity index (χ3n) is 2.51. The van der Waals surface area contributed by atoms with E-state index in [0.717, 1.165) is 12.5 Å². The topological polar surface area (TPSA) is 12.0 Å². The fourth-order valence-electron chi connectivity index (χ4n) is 1.31. The molecule has 1 aromatic carbocycles. The summed E-state index contributed by atoms with van der Waals surface area (Å²) in [5.74, 6) is 2.03. The first-order chi connectivity index (χ1) is 7.26. The van der Waals surface area contributed by atoms with Gasteiger partial charge in [0.1, 0.15) is 0 Å². The van der Waals surface area contributed by atoms with Crippen LogP contribution >= 0.6 is 11.8 Å². The molecule has 0 amide bonds. The normalized spacial score (nSPS) is 12.7. The highest BCUT2D eigenvalue weighted by Crippen LogP contribution is 2.22. The molecule has 0 aromatic heterocycles. The maximum absolute atomic E-state index is 3.18. The van der Waals surface area contributed by atoms with Crippen LogP contribution in [0.25, 0.3) is 0 Å². The van der Waals surface area contributed by atoms with Gasteiger partial charge in [-0.05, 0) is 30.7 Å². The highest BCUT2D eigenvalue weighted by molar-refractivity contribution is 7.99. The van der Waals surface area contributed by atoms with Crippen LogP contribution in [0.15, 0.2) is 29.2 Å². The van der Waals surface area contributed by atoms with Gasteiger partial charge >= 0.3 is 0 Å². The fourth-order valence-corrected chi connectivity index (χ4v) is 2.43. The van der Waals surface area contributed by atoms with Crippen molar-refractivity contribution < 1.29 is 0 Å². The summed E-state index contributed by atoms with van der Waals surface area (Å²) in [4.78, 5) is 1.39. The summed E-state index contributed by atoms with van der Waals surface area (Å²) in [5, 5.41) is 3.18. The number of hydrogen-bond donors (Lipinski definition) is 1. The summed E-state index contributed by atoms with van der Waals surface area (Å²) in [6.45, 7) is 5.52. The molecule has 1 unspecified atom stereocenters. The van der Waals surface area contributed by atoms with Gasteiger partial charge in [0.05, 0.1) is 0 Å². The summed E-state index contributed by atoms with van der Waals surface area (Å²) in [7, 11) is 1.99. The van der Waals surface area contributed by atoms with Crippen LogP contribution in [0.3, 0.4) is 0 Å². The molecule has 0 heterocycles. The van der Waals surface area contributed by atoms with Crippen molar-refractivity contribution in [2.45, 2.75) is 31.7 Å². The molecule has 0 bridgehead atoms. The minimum absolute atomic E-state index is 0.808. The van der Waals surface area contributed by atoms with E-state index < -0.39 is 0 Å². The molecular weight excluding hydrogens is 202 g/mol. The largest absolute Gasteiger partial charge is 0.316 e. The molecule has 0 aliphatic heterocycles. The number of nitrogens with one attached hydrogen (secondary N) is 1. The van der Waals surface area contributed by atoms with E-state index in [1.807, 2.05) is 18.8 Å². The van der Waals surface area contributed by atoms with Gasteiger partial charge in [-0.25, -0.2) is 0 Å². The van der Waals surface area contributed by atoms with E-state index in [1.54, 1.807) is 0 Å². The lowest BCUT2D eigenvalue weighted by atomic mass is 10.2. The molecule has 0 aliphatic carbocycles. The monoisotopic (exact) mass is 223 g/mol. The summed E-state index contributed by atoms with van der Waals surface area (Å²) >= 11 is 1.97. The molecule has 0 fully saturated rings. The Hall–Kier alpha value is -0.470. The fraction of sp³-hybridized carbons (Fsp3) is 0.538. The molecule has 0 aliphatic rings. The van der Waals surface area contributed by atoms with Crippen LogP contribution in [0.1, 0.15) is 25.8 Å². The standard InChI is InChI=1S/C13H21NS/c1-4-11(2)10-15-13-7-5-6-12(8-13)9-14-3/h5-8,11,14H,4,9-10H2,1-3H3. The predicted molar refractivity (Wildman–Crippen MR) is 69.4 cm³/mol. The van der Waals surface area contributed by atoms with E-state index in [1.165, 1.54) is 22.6 Å². The van der Waals surface area contributed by atoms with Crippen molar-refractivity contribution in [1.29, 1.82) is 0 Å². The van der Waals surface area contributed by atoms with Crippen molar-refractivity contribution in [2.24, 2.45) is 5.92 Å². The summed E-state index contributed by atoms with van der Waals surface area (Å²) in [5.41, 5.74) is 1.37. The van der Waals surface area contributed by atoms with Gasteiger partial charge < -0.3 is 5.32 Å². The quantitative estimate of drug-likeness (QED) is 0.740. The molecule has 0 radical (unpaired) electrons. The Bertz CT molecular complexity index is 286. The molecule has 2 heteroatoms. The highest BCUT2D eigenvalue weighted by atomic mass is 32.2. The molecule has 0 saturated carbocycles. The Morgan fingerprint density at radius 2 is 2.20 bits per heavy atom. The first kappa shape index (κ1) is 12.6. The Morgan fingerprint density at radius 1 is 1.40 bits per heavy atom. The van der Waals surface area contributed by atoms with Gasteiger partial charge in [0.25, 0.3) is 0 Å². The molecule has 0 spiro atoms. The third-order valence-corrected chi connectivity index (χ3v) is 3.83. The molecule has 84 valence electrons. The summed E-state index contributed by atoms with van der Waals surface area (Å²) in [6, 6.07) is 8.80. The molecule has 15 heavy (non-hydrogen) atoms. The van der Waals surface area contributed by atoms with Crippen molar-refractivity contribution in [3.63, 3.8) is 0 Å². The van der Waals surface area contributed by atoms with Crippen molar-refractivity contribution >= 4 is 11.8 Å². The van der Waals surface area contributed by atoms with Crippen molar-refractivity contribution in [2.75, 3.05) is 12.8 Å². The predicted octanol–water partition coefficient (Wildman–Crippen LogP) is 3.54. The minimum atomic E-state index is 0.808. The number of rotatable bonds is 6. The second kappa shape index (κ2) is 6.91. The molecule has 0 saturated heterocycles. The van der Waals surface area contributed by atoms with Gasteiger partial charge in [-0.3, -0.25) is 0 Å². The van der Waals surface area contributed by atoms with E-state index in [9.17, 15) is 0 Å². The zero-order valence-corrected chi connectivity index (χ0v) is 10.7. The van der Waals surface area contributed by atoms with Crippen LogP contribution in [0.2, 0.25) is 0 Å². The van der Waals surface area contributed by atoms with Gasteiger partial charge in [-0.15, -0.1) is 11.8 Å². The second-order valence-corrected chi connectivity index (χ2v) is 5.10. The van der Waals surface area contributed by atoms with Gasteiger partial charge in [0, 0.05) is 17.2 Å². The lowest BCUT2D eigenvalue weighted by Gasteiger charge is -2.08. The molecule has 1 N–H and O–H groups in total. The van der Waals surface area contributed by atoms with Gasteiger partial charge in [0.15, 0.2) is 0 Å². The third kappa shape index (κ3) is 4.72. The second-order valence-electron chi connectivity index (χ2n) is 4.00. The van der Waals surface area contributed by atoms with E-state index in [0.29, 0.717) is 0 Å². The Morgan fingerprint density at radius 3 is 2.87 bits per heavy atom. The Balaban J connectivity index is 2.50. The van der Waals surface area contributed by atoms with E-state index in [-0.39, 0.29) is 0 Å². The maximum Gasteiger partial charge on any atom is 0.0202 e. The van der Waals surface area contributed by atoms with Crippen LogP contribution < -0.4 is 5.32 Å². The molecule has 1 atom stereocenters. The average Bonchev–Trinajstić information content (AvgIpc) is 2.27. The molecule has 1 rings (SSSR count). The van der Waals surface area contributed by atoms with Crippen molar-refractivity contribution in [1.82, 2.24) is 5.32 Å². The van der Waals surface area contributed by atoms with E-state index in [2.05, 4.69) is 43.4 Å². The Kier molecular flexibility index (Phi) is 5.81. The lowest BCUT2D eigenvalue weighted by molar-refractivity contribution is 0.637. The highest BCUT2D eigenvalue weighted by Gasteiger charge is 2.01. The van der Waals surface area contributed by atoms with Crippen LogP contribution in [-0.4, -0.2) is 12.8 Å².